The topological polar surface area (TPSA) is 37.4 Å². The van der Waals surface area contributed by atoms with E-state index >= 15 is 0 Å². The molecule has 0 amide bonds. The molecule has 1 aromatic rings. The SMILES string of the molecule is CCCN(CC)c1nc(COC)c(CNCC)s1. The van der Waals surface area contributed by atoms with Gasteiger partial charge < -0.3 is 15.0 Å². The smallest absolute Gasteiger partial charge is 0.185 e. The highest BCUT2D eigenvalue weighted by Crippen LogP contribution is 2.27. The summed E-state index contributed by atoms with van der Waals surface area (Å²) in [6.45, 7) is 11.0. The van der Waals surface area contributed by atoms with Crippen molar-refractivity contribution in [2.45, 2.75) is 40.3 Å². The van der Waals surface area contributed by atoms with Crippen LogP contribution in [-0.4, -0.2) is 31.7 Å². The zero-order valence-corrected chi connectivity index (χ0v) is 12.8. The van der Waals surface area contributed by atoms with Gasteiger partial charge in [0.1, 0.15) is 0 Å². The maximum absolute atomic E-state index is 5.23. The fourth-order valence-corrected chi connectivity index (χ4v) is 2.91. The van der Waals surface area contributed by atoms with Crippen LogP contribution in [0.25, 0.3) is 0 Å². The van der Waals surface area contributed by atoms with Crippen LogP contribution in [0.15, 0.2) is 0 Å². The Morgan fingerprint density at radius 3 is 2.67 bits per heavy atom. The molecule has 1 aromatic heterocycles. The first-order valence-corrected chi connectivity index (χ1v) is 7.51. The van der Waals surface area contributed by atoms with Crippen molar-refractivity contribution >= 4 is 16.5 Å². The second-order valence-electron chi connectivity index (χ2n) is 4.16. The van der Waals surface area contributed by atoms with Gasteiger partial charge in [0.25, 0.3) is 0 Å². The molecule has 0 unspecified atom stereocenters. The number of nitrogens with one attached hydrogen (secondary N) is 1. The Morgan fingerprint density at radius 2 is 2.11 bits per heavy atom. The summed E-state index contributed by atoms with van der Waals surface area (Å²) in [7, 11) is 1.72. The second kappa shape index (κ2) is 8.45. The van der Waals surface area contributed by atoms with E-state index in [1.807, 2.05) is 0 Å². The lowest BCUT2D eigenvalue weighted by atomic mass is 10.3. The molecular weight excluding hydrogens is 246 g/mol. The van der Waals surface area contributed by atoms with Gasteiger partial charge in [-0.25, -0.2) is 4.98 Å². The van der Waals surface area contributed by atoms with Gasteiger partial charge >= 0.3 is 0 Å². The minimum atomic E-state index is 0.598. The van der Waals surface area contributed by atoms with Crippen molar-refractivity contribution in [2.24, 2.45) is 0 Å². The van der Waals surface area contributed by atoms with Gasteiger partial charge in [0.15, 0.2) is 5.13 Å². The summed E-state index contributed by atoms with van der Waals surface area (Å²) in [6, 6.07) is 0. The molecule has 0 aliphatic carbocycles. The molecule has 0 spiro atoms. The molecule has 5 heteroatoms. The molecule has 0 aromatic carbocycles. The van der Waals surface area contributed by atoms with Crippen molar-refractivity contribution < 1.29 is 4.74 Å². The van der Waals surface area contributed by atoms with Crippen molar-refractivity contribution in [3.63, 3.8) is 0 Å². The number of ether oxygens (including phenoxy) is 1. The maximum Gasteiger partial charge on any atom is 0.185 e. The van der Waals surface area contributed by atoms with Crippen molar-refractivity contribution in [1.29, 1.82) is 0 Å². The Morgan fingerprint density at radius 1 is 1.33 bits per heavy atom. The first-order chi connectivity index (χ1) is 8.76. The number of anilines is 1. The average Bonchev–Trinajstić information content (AvgIpc) is 2.77. The molecule has 0 atom stereocenters. The summed E-state index contributed by atoms with van der Waals surface area (Å²) in [5.74, 6) is 0. The van der Waals surface area contributed by atoms with E-state index in [1.54, 1.807) is 18.4 Å². The Labute approximate surface area is 114 Å². The molecule has 0 saturated heterocycles. The molecule has 0 saturated carbocycles. The fraction of sp³-hybridized carbons (Fsp3) is 0.769. The molecule has 4 nitrogen and oxygen atoms in total. The van der Waals surface area contributed by atoms with E-state index < -0.39 is 0 Å². The highest BCUT2D eigenvalue weighted by molar-refractivity contribution is 7.15. The molecular formula is C13H25N3OS. The normalized spacial score (nSPS) is 10.9. The van der Waals surface area contributed by atoms with E-state index in [9.17, 15) is 0 Å². The highest BCUT2D eigenvalue weighted by Gasteiger charge is 2.14. The van der Waals surface area contributed by atoms with Crippen LogP contribution in [0.3, 0.4) is 0 Å². The van der Waals surface area contributed by atoms with Crippen LogP contribution in [0.4, 0.5) is 5.13 Å². The predicted octanol–water partition coefficient (Wildman–Crippen LogP) is 2.64. The first kappa shape index (κ1) is 15.4. The Balaban J connectivity index is 2.85. The zero-order chi connectivity index (χ0) is 13.4. The van der Waals surface area contributed by atoms with Gasteiger partial charge in [0.05, 0.1) is 12.3 Å². The minimum absolute atomic E-state index is 0.598. The summed E-state index contributed by atoms with van der Waals surface area (Å²) in [5, 5.41) is 4.49. The molecule has 0 fully saturated rings. The summed E-state index contributed by atoms with van der Waals surface area (Å²) in [4.78, 5) is 8.35. The van der Waals surface area contributed by atoms with Gasteiger partial charge in [-0.15, -0.1) is 11.3 Å². The summed E-state index contributed by atoms with van der Waals surface area (Å²) < 4.78 is 5.23. The third-order valence-electron chi connectivity index (χ3n) is 2.73. The van der Waals surface area contributed by atoms with Crippen LogP contribution in [0.5, 0.6) is 0 Å². The van der Waals surface area contributed by atoms with Crippen LogP contribution in [-0.2, 0) is 17.9 Å². The number of hydrogen-bond acceptors (Lipinski definition) is 5. The highest BCUT2D eigenvalue weighted by atomic mass is 32.1. The van der Waals surface area contributed by atoms with Crippen LogP contribution in [0, 0.1) is 0 Å². The fourth-order valence-electron chi connectivity index (χ4n) is 1.79. The lowest BCUT2D eigenvalue weighted by Gasteiger charge is -2.18. The van der Waals surface area contributed by atoms with Gasteiger partial charge in [0.2, 0.25) is 0 Å². The van der Waals surface area contributed by atoms with E-state index in [-0.39, 0.29) is 0 Å². The average molecular weight is 271 g/mol. The van der Waals surface area contributed by atoms with Gasteiger partial charge in [0, 0.05) is 31.6 Å². The van der Waals surface area contributed by atoms with Crippen molar-refractivity contribution in [3.8, 4) is 0 Å². The van der Waals surface area contributed by atoms with Crippen LogP contribution in [0.1, 0.15) is 37.8 Å². The standard InChI is InChI=1S/C13H25N3OS/c1-5-8-16(7-3)13-15-11(10-17-4)12(18-13)9-14-6-2/h14H,5-10H2,1-4H3. The lowest BCUT2D eigenvalue weighted by Crippen LogP contribution is -2.23. The first-order valence-electron chi connectivity index (χ1n) is 6.69. The van der Waals surface area contributed by atoms with Crippen molar-refractivity contribution in [3.05, 3.63) is 10.6 Å². The molecule has 18 heavy (non-hydrogen) atoms. The quantitative estimate of drug-likeness (QED) is 0.749. The number of methoxy groups -OCH3 is 1. The van der Waals surface area contributed by atoms with Crippen LogP contribution < -0.4 is 10.2 Å². The number of rotatable bonds is 9. The second-order valence-corrected chi connectivity index (χ2v) is 5.22. The summed E-state index contributed by atoms with van der Waals surface area (Å²) >= 11 is 1.78. The van der Waals surface area contributed by atoms with Crippen molar-refractivity contribution in [1.82, 2.24) is 10.3 Å². The molecule has 0 aliphatic heterocycles. The van der Waals surface area contributed by atoms with Gasteiger partial charge in [-0.05, 0) is 19.9 Å². The Kier molecular flexibility index (Phi) is 7.23. The van der Waals surface area contributed by atoms with Crippen molar-refractivity contribution in [2.75, 3.05) is 31.6 Å². The van der Waals surface area contributed by atoms with E-state index in [1.165, 1.54) is 4.88 Å². The predicted molar refractivity (Wildman–Crippen MR) is 78.4 cm³/mol. The molecule has 1 N–H and O–H groups in total. The number of thiazole rings is 1. The lowest BCUT2D eigenvalue weighted by molar-refractivity contribution is 0.181. The molecule has 1 rings (SSSR count). The van der Waals surface area contributed by atoms with Crippen LogP contribution >= 0.6 is 11.3 Å². The molecule has 0 radical (unpaired) electrons. The van der Waals surface area contributed by atoms with E-state index in [2.05, 4.69) is 31.0 Å². The molecule has 104 valence electrons. The summed E-state index contributed by atoms with van der Waals surface area (Å²) in [5.41, 5.74) is 1.08. The Bertz CT molecular complexity index is 341. The molecule has 0 aliphatic rings. The summed E-state index contributed by atoms with van der Waals surface area (Å²) in [6.07, 6.45) is 1.15. The largest absolute Gasteiger partial charge is 0.378 e. The molecule has 1 heterocycles. The number of nitrogens with zero attached hydrogens (tertiary/aromatic N) is 2. The number of aromatic nitrogens is 1. The Hall–Kier alpha value is -0.650. The minimum Gasteiger partial charge on any atom is -0.378 e. The van der Waals surface area contributed by atoms with E-state index in [4.69, 9.17) is 9.72 Å². The third-order valence-corrected chi connectivity index (χ3v) is 3.89. The van der Waals surface area contributed by atoms with Gasteiger partial charge in [-0.1, -0.05) is 13.8 Å². The van der Waals surface area contributed by atoms with Crippen LogP contribution in [0.2, 0.25) is 0 Å². The third kappa shape index (κ3) is 4.23. The van der Waals surface area contributed by atoms with Gasteiger partial charge in [-0.2, -0.15) is 0 Å². The van der Waals surface area contributed by atoms with Gasteiger partial charge in [-0.3, -0.25) is 0 Å². The zero-order valence-electron chi connectivity index (χ0n) is 12.0. The number of hydrogen-bond donors (Lipinski definition) is 1. The van der Waals surface area contributed by atoms with E-state index in [0.717, 1.165) is 43.4 Å². The molecule has 0 bridgehead atoms. The maximum atomic E-state index is 5.23. The van der Waals surface area contributed by atoms with E-state index in [0.29, 0.717) is 6.61 Å². The monoisotopic (exact) mass is 271 g/mol.